The van der Waals surface area contributed by atoms with Gasteiger partial charge in [0.1, 0.15) is 24.1 Å². The summed E-state index contributed by atoms with van der Waals surface area (Å²) in [5.74, 6) is 1.99. The number of aryl methyl sites for hydroxylation is 1. The van der Waals surface area contributed by atoms with Crippen molar-refractivity contribution in [2.75, 3.05) is 13.7 Å². The lowest BCUT2D eigenvalue weighted by atomic mass is 10.0. The minimum absolute atomic E-state index is 0.00589. The van der Waals surface area contributed by atoms with Gasteiger partial charge in [-0.05, 0) is 49.1 Å². The summed E-state index contributed by atoms with van der Waals surface area (Å²) in [5, 5.41) is 0. The highest BCUT2D eigenvalue weighted by Gasteiger charge is 2.32. The van der Waals surface area contributed by atoms with Crippen LogP contribution in [0.15, 0.2) is 63.9 Å². The number of nitrogens with zero attached hydrogens (tertiary/aromatic N) is 4. The Bertz CT molecular complexity index is 1380. The highest BCUT2D eigenvalue weighted by Crippen LogP contribution is 2.31. The Hall–Kier alpha value is -3.81. The van der Waals surface area contributed by atoms with E-state index < -0.39 is 0 Å². The quantitative estimate of drug-likeness (QED) is 0.438. The van der Waals surface area contributed by atoms with Gasteiger partial charge in [0.2, 0.25) is 11.8 Å². The zero-order valence-electron chi connectivity index (χ0n) is 19.4. The number of methoxy groups -OCH3 is 1. The van der Waals surface area contributed by atoms with Crippen molar-refractivity contribution in [3.63, 3.8) is 0 Å². The van der Waals surface area contributed by atoms with E-state index in [4.69, 9.17) is 9.15 Å². The van der Waals surface area contributed by atoms with E-state index in [0.29, 0.717) is 18.9 Å². The van der Waals surface area contributed by atoms with Crippen LogP contribution in [0.4, 0.5) is 0 Å². The fourth-order valence-corrected chi connectivity index (χ4v) is 4.77. The van der Waals surface area contributed by atoms with Gasteiger partial charge in [-0.2, -0.15) is 0 Å². The number of ether oxygens (including phenoxy) is 1. The molecule has 8 heteroatoms. The SMILES string of the molecule is COc1cccc(Cc2cnc([C@@H]3CCCCN3C(=O)Cn3c(=O)n(C)c4ccccc43)o2)c1. The average molecular weight is 461 g/mol. The Morgan fingerprint density at radius 2 is 1.97 bits per heavy atom. The van der Waals surface area contributed by atoms with E-state index in [1.807, 2.05) is 53.4 Å². The molecule has 0 bridgehead atoms. The third kappa shape index (κ3) is 4.11. The summed E-state index contributed by atoms with van der Waals surface area (Å²) in [4.78, 5) is 32.5. The molecule has 1 amide bonds. The first kappa shape index (κ1) is 22.0. The van der Waals surface area contributed by atoms with E-state index >= 15 is 0 Å². The normalized spacial score (nSPS) is 16.2. The van der Waals surface area contributed by atoms with Gasteiger partial charge in [0, 0.05) is 20.0 Å². The van der Waals surface area contributed by atoms with Gasteiger partial charge in [0.25, 0.3) is 0 Å². The molecule has 1 saturated heterocycles. The van der Waals surface area contributed by atoms with Crippen molar-refractivity contribution < 1.29 is 13.9 Å². The van der Waals surface area contributed by atoms with Crippen LogP contribution in [-0.4, -0.2) is 38.6 Å². The summed E-state index contributed by atoms with van der Waals surface area (Å²) in [6.07, 6.45) is 5.03. The van der Waals surface area contributed by atoms with Crippen molar-refractivity contribution >= 4 is 16.9 Å². The number of rotatable bonds is 6. The second-order valence-corrected chi connectivity index (χ2v) is 8.71. The highest BCUT2D eigenvalue weighted by molar-refractivity contribution is 5.81. The van der Waals surface area contributed by atoms with E-state index in [1.165, 1.54) is 0 Å². The van der Waals surface area contributed by atoms with Crippen LogP contribution < -0.4 is 10.4 Å². The summed E-state index contributed by atoms with van der Waals surface area (Å²) in [7, 11) is 3.37. The van der Waals surface area contributed by atoms with Crippen LogP contribution in [0, 0.1) is 0 Å². The predicted molar refractivity (Wildman–Crippen MR) is 128 cm³/mol. The van der Waals surface area contributed by atoms with Gasteiger partial charge in [0.05, 0.1) is 24.3 Å². The second-order valence-electron chi connectivity index (χ2n) is 8.71. The Morgan fingerprint density at radius 3 is 2.79 bits per heavy atom. The molecule has 0 radical (unpaired) electrons. The van der Waals surface area contributed by atoms with Crippen LogP contribution in [0.5, 0.6) is 5.75 Å². The molecule has 0 N–H and O–H groups in total. The van der Waals surface area contributed by atoms with Crippen LogP contribution >= 0.6 is 0 Å². The number of oxazole rings is 1. The maximum absolute atomic E-state index is 13.4. The monoisotopic (exact) mass is 460 g/mol. The van der Waals surface area contributed by atoms with Gasteiger partial charge in [0.15, 0.2) is 0 Å². The zero-order chi connectivity index (χ0) is 23.7. The molecule has 8 nitrogen and oxygen atoms in total. The number of carbonyl (C=O) groups excluding carboxylic acids is 1. The summed E-state index contributed by atoms with van der Waals surface area (Å²) >= 11 is 0. The number of para-hydroxylation sites is 2. The van der Waals surface area contributed by atoms with Crippen molar-refractivity contribution in [1.29, 1.82) is 0 Å². The lowest BCUT2D eigenvalue weighted by Gasteiger charge is -2.33. The number of fused-ring (bicyclic) bond motifs is 1. The van der Waals surface area contributed by atoms with Crippen LogP contribution in [0.1, 0.15) is 42.5 Å². The number of likely N-dealkylation sites (tertiary alicyclic amines) is 1. The number of imidazole rings is 1. The molecule has 176 valence electrons. The number of piperidine rings is 1. The van der Waals surface area contributed by atoms with Gasteiger partial charge in [-0.25, -0.2) is 9.78 Å². The molecule has 34 heavy (non-hydrogen) atoms. The number of hydrogen-bond acceptors (Lipinski definition) is 5. The number of aromatic nitrogens is 3. The molecule has 0 unspecified atom stereocenters. The Morgan fingerprint density at radius 1 is 1.15 bits per heavy atom. The molecular formula is C26H28N4O4. The minimum atomic E-state index is -0.231. The van der Waals surface area contributed by atoms with Gasteiger partial charge in [-0.1, -0.05) is 24.3 Å². The highest BCUT2D eigenvalue weighted by atomic mass is 16.5. The lowest BCUT2D eigenvalue weighted by molar-refractivity contribution is -0.136. The van der Waals surface area contributed by atoms with Crippen LogP contribution in [0.3, 0.4) is 0 Å². The zero-order valence-corrected chi connectivity index (χ0v) is 19.4. The van der Waals surface area contributed by atoms with Crippen molar-refractivity contribution in [2.24, 2.45) is 7.05 Å². The first-order valence-electron chi connectivity index (χ1n) is 11.6. The standard InChI is InChI=1S/C26H28N4O4/c1-28-21-10-3-4-11-22(21)30(26(28)32)17-24(31)29-13-6-5-12-23(29)25-27-16-20(34-25)15-18-8-7-9-19(14-18)33-2/h3-4,7-11,14,16,23H,5-6,12-13,15,17H2,1-2H3/t23-/m0/s1. The molecule has 1 aliphatic heterocycles. The summed E-state index contributed by atoms with van der Waals surface area (Å²) < 4.78 is 14.5. The van der Waals surface area contributed by atoms with E-state index in [1.54, 1.807) is 29.5 Å². The number of hydrogen-bond donors (Lipinski definition) is 0. The van der Waals surface area contributed by atoms with Crippen molar-refractivity contribution in [3.8, 4) is 5.75 Å². The maximum Gasteiger partial charge on any atom is 0.329 e. The van der Waals surface area contributed by atoms with Crippen LogP contribution in [-0.2, 0) is 24.8 Å². The molecule has 2 aromatic carbocycles. The largest absolute Gasteiger partial charge is 0.497 e. The molecule has 0 saturated carbocycles. The smallest absolute Gasteiger partial charge is 0.329 e. The van der Waals surface area contributed by atoms with Gasteiger partial charge in [-0.3, -0.25) is 13.9 Å². The van der Waals surface area contributed by atoms with Crippen molar-refractivity contribution in [3.05, 3.63) is 82.4 Å². The fraction of sp³-hybridized carbons (Fsp3) is 0.346. The van der Waals surface area contributed by atoms with E-state index in [-0.39, 0.29) is 24.2 Å². The third-order valence-corrected chi connectivity index (χ3v) is 6.54. The van der Waals surface area contributed by atoms with Gasteiger partial charge < -0.3 is 14.1 Å². The lowest BCUT2D eigenvalue weighted by Crippen LogP contribution is -2.41. The van der Waals surface area contributed by atoms with Crippen molar-refractivity contribution in [1.82, 2.24) is 19.0 Å². The molecule has 2 aromatic heterocycles. The van der Waals surface area contributed by atoms with Crippen LogP contribution in [0.2, 0.25) is 0 Å². The topological polar surface area (TPSA) is 82.5 Å². The summed E-state index contributed by atoms with van der Waals surface area (Å²) in [5.41, 5.74) is 2.44. The van der Waals surface area contributed by atoms with Gasteiger partial charge in [-0.15, -0.1) is 0 Å². The molecule has 3 heterocycles. The fourth-order valence-electron chi connectivity index (χ4n) is 4.77. The summed E-state index contributed by atoms with van der Waals surface area (Å²) in [6.45, 7) is 0.616. The molecule has 4 aromatic rings. The molecule has 5 rings (SSSR count). The maximum atomic E-state index is 13.4. The predicted octanol–water partition coefficient (Wildman–Crippen LogP) is 3.68. The second kappa shape index (κ2) is 9.21. The number of amides is 1. The number of benzene rings is 2. The molecular weight excluding hydrogens is 432 g/mol. The first-order valence-corrected chi connectivity index (χ1v) is 11.6. The van der Waals surface area contributed by atoms with Crippen LogP contribution in [0.25, 0.3) is 11.0 Å². The molecule has 1 aliphatic rings. The molecule has 1 atom stereocenters. The molecule has 1 fully saturated rings. The minimum Gasteiger partial charge on any atom is -0.497 e. The molecule has 0 aliphatic carbocycles. The Labute approximate surface area is 197 Å². The Balaban J connectivity index is 1.36. The Kier molecular flexibility index (Phi) is 5.96. The first-order chi connectivity index (χ1) is 16.5. The van der Waals surface area contributed by atoms with E-state index in [2.05, 4.69) is 4.98 Å². The van der Waals surface area contributed by atoms with E-state index in [9.17, 15) is 9.59 Å². The molecule has 0 spiro atoms. The third-order valence-electron chi connectivity index (χ3n) is 6.54. The number of carbonyl (C=O) groups is 1. The summed E-state index contributed by atoms with van der Waals surface area (Å²) in [6, 6.07) is 15.1. The average Bonchev–Trinajstić information content (AvgIpc) is 3.43. The van der Waals surface area contributed by atoms with Crippen molar-refractivity contribution in [2.45, 2.75) is 38.3 Å². The van der Waals surface area contributed by atoms with E-state index in [0.717, 1.165) is 47.4 Å². The van der Waals surface area contributed by atoms with Gasteiger partial charge >= 0.3 is 5.69 Å².